The molecule has 2 aromatic carbocycles. The molecule has 1 unspecified atom stereocenters. The topological polar surface area (TPSA) is 59.1 Å². The summed E-state index contributed by atoms with van der Waals surface area (Å²) in [4.78, 5) is 27.5. The summed E-state index contributed by atoms with van der Waals surface area (Å²) >= 11 is 0. The number of esters is 2. The van der Waals surface area contributed by atoms with Gasteiger partial charge >= 0.3 is 11.9 Å². The van der Waals surface area contributed by atoms with Crippen LogP contribution in [0.2, 0.25) is 0 Å². The second-order valence-electron chi connectivity index (χ2n) is 9.07. The first kappa shape index (κ1) is 27.5. The molecule has 0 N–H and O–H groups in total. The van der Waals surface area contributed by atoms with Gasteiger partial charge in [-0.25, -0.2) is 9.59 Å². The molecule has 6 heteroatoms. The van der Waals surface area contributed by atoms with E-state index in [1.165, 1.54) is 23.3 Å². The van der Waals surface area contributed by atoms with Gasteiger partial charge in [-0.05, 0) is 91.6 Å². The first-order valence-electron chi connectivity index (χ1n) is 13.2. The van der Waals surface area contributed by atoms with Gasteiger partial charge in [-0.15, -0.1) is 0 Å². The monoisotopic (exact) mass is 522 g/mol. The van der Waals surface area contributed by atoms with E-state index in [0.717, 1.165) is 29.0 Å². The van der Waals surface area contributed by atoms with Gasteiger partial charge < -0.3 is 19.3 Å². The van der Waals surface area contributed by atoms with Crippen LogP contribution in [-0.4, -0.2) is 37.7 Å². The third-order valence-corrected chi connectivity index (χ3v) is 6.36. The number of allylic oxidation sites excluding steroid dienone is 4. The van der Waals surface area contributed by atoms with E-state index in [0.29, 0.717) is 13.2 Å². The van der Waals surface area contributed by atoms with Crippen molar-refractivity contribution in [3.63, 3.8) is 0 Å². The number of rotatable bonds is 9. The normalized spacial score (nSPS) is 16.9. The zero-order valence-corrected chi connectivity index (χ0v) is 22.6. The Labute approximate surface area is 230 Å². The molecular weight excluding hydrogens is 488 g/mol. The van der Waals surface area contributed by atoms with Crippen molar-refractivity contribution in [2.24, 2.45) is 0 Å². The molecular formula is C33H34N2O4. The summed E-state index contributed by atoms with van der Waals surface area (Å²) in [6.45, 7) is 7.27. The minimum Gasteiger partial charge on any atom is -0.463 e. The first-order chi connectivity index (χ1) is 19.0. The first-order valence-corrected chi connectivity index (χ1v) is 13.2. The second kappa shape index (κ2) is 13.3. The average Bonchev–Trinajstić information content (AvgIpc) is 2.96. The number of anilines is 2. The van der Waals surface area contributed by atoms with Crippen molar-refractivity contribution >= 4 is 35.5 Å². The highest BCUT2D eigenvalue weighted by Crippen LogP contribution is 2.28. The summed E-state index contributed by atoms with van der Waals surface area (Å²) < 4.78 is 9.86. The third-order valence-electron chi connectivity index (χ3n) is 6.36. The average molecular weight is 523 g/mol. The molecule has 39 heavy (non-hydrogen) atoms. The minimum atomic E-state index is -0.334. The fraction of sp³-hybridized carbons (Fsp3) is 0.212. The summed E-state index contributed by atoms with van der Waals surface area (Å²) in [5, 5.41) is 0. The van der Waals surface area contributed by atoms with Crippen LogP contribution < -0.4 is 9.80 Å². The molecule has 2 aromatic rings. The standard InChI is InChI=1S/C33H34N2O4/c1-4-38-32(36)16-10-26-6-12-30(13-7-26)34-21-18-28(19-22-34)29-20-23-35(25(3)24-29)31-14-8-27(9-15-31)11-17-33(37)39-5-2/h6-21,23-25H,4-5,22H2,1-3H3/b16-10+,17-11+. The molecule has 0 fully saturated rings. The van der Waals surface area contributed by atoms with Crippen LogP contribution in [0.4, 0.5) is 11.4 Å². The lowest BCUT2D eigenvalue weighted by Crippen LogP contribution is -2.29. The van der Waals surface area contributed by atoms with E-state index in [4.69, 9.17) is 9.47 Å². The summed E-state index contributed by atoms with van der Waals surface area (Å²) in [6.07, 6.45) is 19.4. The van der Waals surface area contributed by atoms with Crippen molar-refractivity contribution in [1.82, 2.24) is 0 Å². The quantitative estimate of drug-likeness (QED) is 0.279. The van der Waals surface area contributed by atoms with Crippen molar-refractivity contribution in [3.8, 4) is 0 Å². The zero-order valence-electron chi connectivity index (χ0n) is 22.6. The van der Waals surface area contributed by atoms with Crippen molar-refractivity contribution in [2.45, 2.75) is 26.8 Å². The van der Waals surface area contributed by atoms with Crippen molar-refractivity contribution in [3.05, 3.63) is 120 Å². The van der Waals surface area contributed by atoms with Crippen molar-refractivity contribution < 1.29 is 19.1 Å². The number of hydrogen-bond acceptors (Lipinski definition) is 6. The van der Waals surface area contributed by atoms with E-state index < -0.39 is 0 Å². The zero-order chi connectivity index (χ0) is 27.6. The minimum absolute atomic E-state index is 0.188. The van der Waals surface area contributed by atoms with E-state index in [9.17, 15) is 9.59 Å². The lowest BCUT2D eigenvalue weighted by Gasteiger charge is -2.30. The smallest absolute Gasteiger partial charge is 0.330 e. The number of ether oxygens (including phenoxy) is 2. The molecule has 0 saturated heterocycles. The maximum absolute atomic E-state index is 11.5. The maximum Gasteiger partial charge on any atom is 0.330 e. The third kappa shape index (κ3) is 7.48. The number of nitrogens with zero attached hydrogens (tertiary/aromatic N) is 2. The molecule has 2 aliphatic heterocycles. The van der Waals surface area contributed by atoms with Gasteiger partial charge in [0.05, 0.1) is 13.2 Å². The van der Waals surface area contributed by atoms with Gasteiger partial charge in [0, 0.05) is 48.5 Å². The predicted octanol–water partition coefficient (Wildman–Crippen LogP) is 6.45. The van der Waals surface area contributed by atoms with Crippen LogP contribution >= 0.6 is 0 Å². The van der Waals surface area contributed by atoms with Crippen molar-refractivity contribution in [1.29, 1.82) is 0 Å². The molecule has 0 amide bonds. The van der Waals surface area contributed by atoms with Gasteiger partial charge in [0.15, 0.2) is 0 Å². The Balaban J connectivity index is 1.34. The fourth-order valence-electron chi connectivity index (χ4n) is 4.35. The van der Waals surface area contributed by atoms with E-state index in [1.54, 1.807) is 26.0 Å². The Morgan fingerprint density at radius 1 is 0.795 bits per heavy atom. The number of hydrogen-bond donors (Lipinski definition) is 0. The van der Waals surface area contributed by atoms with Gasteiger partial charge in [0.2, 0.25) is 0 Å². The van der Waals surface area contributed by atoms with E-state index in [1.807, 2.05) is 36.4 Å². The predicted molar refractivity (Wildman–Crippen MR) is 158 cm³/mol. The van der Waals surface area contributed by atoms with Gasteiger partial charge in [0.25, 0.3) is 0 Å². The summed E-state index contributed by atoms with van der Waals surface area (Å²) in [5.74, 6) is -0.668. The largest absolute Gasteiger partial charge is 0.463 e. The number of carbonyl (C=O) groups excluding carboxylic acids is 2. The highest BCUT2D eigenvalue weighted by molar-refractivity contribution is 5.87. The van der Waals surface area contributed by atoms with Gasteiger partial charge in [0.1, 0.15) is 0 Å². The number of carbonyl (C=O) groups is 2. The molecule has 6 nitrogen and oxygen atoms in total. The number of benzene rings is 2. The Morgan fingerprint density at radius 2 is 1.33 bits per heavy atom. The van der Waals surface area contributed by atoms with Crippen LogP contribution in [0.15, 0.2) is 109 Å². The van der Waals surface area contributed by atoms with Crippen LogP contribution in [0.5, 0.6) is 0 Å². The molecule has 2 heterocycles. The molecule has 0 saturated carbocycles. The Hall–Kier alpha value is -4.58. The van der Waals surface area contributed by atoms with Crippen LogP contribution in [0, 0.1) is 0 Å². The van der Waals surface area contributed by atoms with Crippen molar-refractivity contribution in [2.75, 3.05) is 29.6 Å². The summed E-state index contributed by atoms with van der Waals surface area (Å²) in [7, 11) is 0. The van der Waals surface area contributed by atoms with Crippen LogP contribution in [0.1, 0.15) is 31.9 Å². The molecule has 4 rings (SSSR count). The lowest BCUT2D eigenvalue weighted by atomic mass is 9.98. The summed E-state index contributed by atoms with van der Waals surface area (Å²) in [6, 6.07) is 16.4. The van der Waals surface area contributed by atoms with E-state index in [2.05, 4.69) is 65.6 Å². The molecule has 0 bridgehead atoms. The molecule has 0 radical (unpaired) electrons. The molecule has 2 aliphatic rings. The molecule has 0 aromatic heterocycles. The fourth-order valence-corrected chi connectivity index (χ4v) is 4.35. The Morgan fingerprint density at radius 3 is 1.82 bits per heavy atom. The molecule has 0 spiro atoms. The van der Waals surface area contributed by atoms with Gasteiger partial charge in [-0.2, -0.15) is 0 Å². The molecule has 0 aliphatic carbocycles. The second-order valence-corrected chi connectivity index (χ2v) is 9.07. The van der Waals surface area contributed by atoms with Crippen LogP contribution in [0.3, 0.4) is 0 Å². The van der Waals surface area contributed by atoms with Gasteiger partial charge in [-0.3, -0.25) is 0 Å². The summed E-state index contributed by atoms with van der Waals surface area (Å²) in [5.41, 5.74) is 6.46. The van der Waals surface area contributed by atoms with E-state index in [-0.39, 0.29) is 18.0 Å². The highest BCUT2D eigenvalue weighted by atomic mass is 16.5. The maximum atomic E-state index is 11.5. The molecule has 1 atom stereocenters. The van der Waals surface area contributed by atoms with Crippen LogP contribution in [0.25, 0.3) is 12.2 Å². The molecule has 200 valence electrons. The SMILES string of the molecule is CCOC(=O)/C=C/c1ccc(N2C=CC(C3=CC(C)N(c4ccc(/C=C/C(=O)OCC)cc4)C=C3)=CC2)cc1. The van der Waals surface area contributed by atoms with Gasteiger partial charge in [-0.1, -0.05) is 36.4 Å². The van der Waals surface area contributed by atoms with Crippen LogP contribution in [-0.2, 0) is 19.1 Å². The highest BCUT2D eigenvalue weighted by Gasteiger charge is 2.17. The van der Waals surface area contributed by atoms with E-state index >= 15 is 0 Å². The Bertz CT molecular complexity index is 1350. The Kier molecular flexibility index (Phi) is 9.35. The lowest BCUT2D eigenvalue weighted by molar-refractivity contribution is -0.138.